The van der Waals surface area contributed by atoms with Crippen LogP contribution >= 0.6 is 11.8 Å². The lowest BCUT2D eigenvalue weighted by Gasteiger charge is -2.27. The van der Waals surface area contributed by atoms with Crippen LogP contribution < -0.4 is 4.90 Å². The van der Waals surface area contributed by atoms with Crippen LogP contribution in [-0.4, -0.2) is 19.3 Å². The van der Waals surface area contributed by atoms with Gasteiger partial charge in [-0.25, -0.2) is 0 Å². The second-order valence-electron chi connectivity index (χ2n) is 3.83. The predicted molar refractivity (Wildman–Crippen MR) is 71.1 cm³/mol. The molecule has 0 aliphatic heterocycles. The maximum absolute atomic E-state index is 9.24. The Morgan fingerprint density at radius 1 is 1.50 bits per heavy atom. The summed E-state index contributed by atoms with van der Waals surface area (Å²) in [5.74, 6) is 0. The van der Waals surface area contributed by atoms with Gasteiger partial charge in [0.15, 0.2) is 0 Å². The number of nitriles is 1. The van der Waals surface area contributed by atoms with Gasteiger partial charge in [-0.15, -0.1) is 11.8 Å². The first-order valence-corrected chi connectivity index (χ1v) is 6.68. The molecule has 0 aliphatic carbocycles. The Morgan fingerprint density at radius 3 is 2.69 bits per heavy atom. The number of rotatable bonds is 4. The van der Waals surface area contributed by atoms with E-state index in [4.69, 9.17) is 0 Å². The first-order chi connectivity index (χ1) is 7.65. The highest BCUT2D eigenvalue weighted by molar-refractivity contribution is 7.98. The maximum Gasteiger partial charge on any atom is 0.103 e. The zero-order chi connectivity index (χ0) is 12.1. The van der Waals surface area contributed by atoms with E-state index in [0.29, 0.717) is 6.04 Å². The minimum atomic E-state index is 0.448. The van der Waals surface area contributed by atoms with Crippen molar-refractivity contribution in [3.8, 4) is 6.07 Å². The average Bonchev–Trinajstić information content (AvgIpc) is 2.35. The van der Waals surface area contributed by atoms with Crippen molar-refractivity contribution in [3.63, 3.8) is 0 Å². The largest absolute Gasteiger partial charge is 0.371 e. The minimum Gasteiger partial charge on any atom is -0.371 e. The van der Waals surface area contributed by atoms with Gasteiger partial charge in [-0.2, -0.15) is 5.26 Å². The molecule has 3 heteroatoms. The lowest BCUT2D eigenvalue weighted by Crippen LogP contribution is -2.28. The van der Waals surface area contributed by atoms with Crippen LogP contribution in [0.2, 0.25) is 0 Å². The Labute approximate surface area is 102 Å². The molecule has 0 amide bonds. The molecule has 0 radical (unpaired) electrons. The van der Waals surface area contributed by atoms with Gasteiger partial charge in [-0.3, -0.25) is 0 Å². The molecule has 1 aromatic carbocycles. The number of nitrogens with zero attached hydrogens (tertiary/aromatic N) is 2. The predicted octanol–water partition coefficient (Wildman–Crippen LogP) is 3.51. The van der Waals surface area contributed by atoms with Crippen LogP contribution in [-0.2, 0) is 0 Å². The van der Waals surface area contributed by atoms with Crippen molar-refractivity contribution >= 4 is 17.4 Å². The minimum absolute atomic E-state index is 0.448. The van der Waals surface area contributed by atoms with Crippen molar-refractivity contribution in [2.75, 3.05) is 18.2 Å². The Bertz CT molecular complexity index is 395. The summed E-state index contributed by atoms with van der Waals surface area (Å²) in [6.07, 6.45) is 3.08. The number of benzene rings is 1. The van der Waals surface area contributed by atoms with Gasteiger partial charge in [0.25, 0.3) is 0 Å². The Hall–Kier alpha value is -1.14. The number of anilines is 1. The first-order valence-electron chi connectivity index (χ1n) is 5.45. The zero-order valence-electron chi connectivity index (χ0n) is 10.3. The summed E-state index contributed by atoms with van der Waals surface area (Å²) in [7, 11) is 2.05. The van der Waals surface area contributed by atoms with Crippen molar-refractivity contribution in [2.24, 2.45) is 0 Å². The topological polar surface area (TPSA) is 27.0 Å². The van der Waals surface area contributed by atoms with E-state index >= 15 is 0 Å². The molecular weight excluding hydrogens is 216 g/mol. The molecule has 0 spiro atoms. The molecule has 1 atom stereocenters. The molecule has 86 valence electrons. The van der Waals surface area contributed by atoms with Crippen molar-refractivity contribution in [2.45, 2.75) is 31.2 Å². The number of hydrogen-bond donors (Lipinski definition) is 0. The van der Waals surface area contributed by atoms with Gasteiger partial charge in [0.05, 0.1) is 11.3 Å². The van der Waals surface area contributed by atoms with Gasteiger partial charge < -0.3 is 4.90 Å². The van der Waals surface area contributed by atoms with Crippen LogP contribution in [0.1, 0.15) is 25.8 Å². The molecule has 0 bridgehead atoms. The van der Waals surface area contributed by atoms with E-state index in [2.05, 4.69) is 31.9 Å². The molecule has 0 fully saturated rings. The fourth-order valence-electron chi connectivity index (χ4n) is 1.61. The van der Waals surface area contributed by atoms with Gasteiger partial charge in [0.1, 0.15) is 6.07 Å². The van der Waals surface area contributed by atoms with E-state index in [0.717, 1.165) is 22.6 Å². The second kappa shape index (κ2) is 5.81. The van der Waals surface area contributed by atoms with Crippen LogP contribution in [0.5, 0.6) is 0 Å². The zero-order valence-corrected chi connectivity index (χ0v) is 11.1. The summed E-state index contributed by atoms with van der Waals surface area (Å²) in [5.41, 5.74) is 1.82. The number of thioether (sulfide) groups is 1. The molecule has 0 saturated heterocycles. The van der Waals surface area contributed by atoms with E-state index in [1.165, 1.54) is 0 Å². The molecular formula is C13H18N2S. The fraction of sp³-hybridized carbons (Fsp3) is 0.462. The third-order valence-corrected chi connectivity index (χ3v) is 3.75. The molecule has 0 heterocycles. The lowest BCUT2D eigenvalue weighted by molar-refractivity contribution is 0.663. The molecule has 2 nitrogen and oxygen atoms in total. The lowest BCUT2D eigenvalue weighted by atomic mass is 10.1. The molecule has 0 aromatic heterocycles. The summed E-state index contributed by atoms with van der Waals surface area (Å²) in [6, 6.07) is 8.79. The molecule has 1 aromatic rings. The quantitative estimate of drug-likeness (QED) is 0.746. The monoisotopic (exact) mass is 234 g/mol. The van der Waals surface area contributed by atoms with Gasteiger partial charge in [0, 0.05) is 18.0 Å². The molecule has 1 rings (SSSR count). The van der Waals surface area contributed by atoms with Crippen LogP contribution in [0.15, 0.2) is 23.1 Å². The summed E-state index contributed by atoms with van der Waals surface area (Å²) in [6.45, 7) is 4.33. The maximum atomic E-state index is 9.24. The standard InChI is InChI=1S/C13H18N2S/c1-5-10(2)15(3)12-7-6-8-13(16-4)11(12)9-14/h6-8,10H,5H2,1-4H3. The third-order valence-electron chi connectivity index (χ3n) is 2.97. The molecule has 0 saturated carbocycles. The van der Waals surface area contributed by atoms with E-state index in [1.54, 1.807) is 11.8 Å². The average molecular weight is 234 g/mol. The first kappa shape index (κ1) is 12.9. The summed E-state index contributed by atoms with van der Waals surface area (Å²) >= 11 is 1.62. The Balaban J connectivity index is 3.19. The summed E-state index contributed by atoms with van der Waals surface area (Å²) < 4.78 is 0. The molecule has 1 unspecified atom stereocenters. The Kier molecular flexibility index (Phi) is 4.70. The van der Waals surface area contributed by atoms with Gasteiger partial charge in [-0.05, 0) is 31.7 Å². The summed E-state index contributed by atoms with van der Waals surface area (Å²) in [5, 5.41) is 9.24. The van der Waals surface area contributed by atoms with E-state index in [1.807, 2.05) is 24.5 Å². The molecule has 0 aliphatic rings. The van der Waals surface area contributed by atoms with Gasteiger partial charge in [-0.1, -0.05) is 13.0 Å². The van der Waals surface area contributed by atoms with Crippen molar-refractivity contribution in [3.05, 3.63) is 23.8 Å². The molecule has 0 N–H and O–H groups in total. The van der Waals surface area contributed by atoms with E-state index < -0.39 is 0 Å². The van der Waals surface area contributed by atoms with Crippen LogP contribution in [0.25, 0.3) is 0 Å². The second-order valence-corrected chi connectivity index (χ2v) is 4.68. The smallest absolute Gasteiger partial charge is 0.103 e. The van der Waals surface area contributed by atoms with Gasteiger partial charge in [0.2, 0.25) is 0 Å². The van der Waals surface area contributed by atoms with Gasteiger partial charge >= 0.3 is 0 Å². The van der Waals surface area contributed by atoms with E-state index in [-0.39, 0.29) is 0 Å². The van der Waals surface area contributed by atoms with Crippen LogP contribution in [0.4, 0.5) is 5.69 Å². The highest BCUT2D eigenvalue weighted by Crippen LogP contribution is 2.29. The van der Waals surface area contributed by atoms with Crippen LogP contribution in [0.3, 0.4) is 0 Å². The third kappa shape index (κ3) is 2.51. The highest BCUT2D eigenvalue weighted by atomic mass is 32.2. The molecule has 16 heavy (non-hydrogen) atoms. The normalized spacial score (nSPS) is 11.9. The van der Waals surface area contributed by atoms with Crippen molar-refractivity contribution in [1.82, 2.24) is 0 Å². The fourth-order valence-corrected chi connectivity index (χ4v) is 2.18. The van der Waals surface area contributed by atoms with E-state index in [9.17, 15) is 5.26 Å². The number of hydrogen-bond acceptors (Lipinski definition) is 3. The summed E-state index contributed by atoms with van der Waals surface area (Å²) in [4.78, 5) is 3.23. The van der Waals surface area contributed by atoms with Crippen molar-refractivity contribution in [1.29, 1.82) is 5.26 Å². The van der Waals surface area contributed by atoms with Crippen molar-refractivity contribution < 1.29 is 0 Å². The Morgan fingerprint density at radius 2 is 2.19 bits per heavy atom. The highest BCUT2D eigenvalue weighted by Gasteiger charge is 2.14. The SMILES string of the molecule is CCC(C)N(C)c1cccc(SC)c1C#N. The van der Waals surface area contributed by atoms with Crippen LogP contribution in [0, 0.1) is 11.3 Å².